The van der Waals surface area contributed by atoms with E-state index in [0.29, 0.717) is 5.92 Å². The van der Waals surface area contributed by atoms with E-state index in [2.05, 4.69) is 57.3 Å². The Kier molecular flexibility index (Phi) is 5.93. The van der Waals surface area contributed by atoms with Crippen LogP contribution in [-0.4, -0.2) is 14.9 Å². The quantitative estimate of drug-likeness (QED) is 0.651. The lowest BCUT2D eigenvalue weighted by Crippen LogP contribution is -2.35. The van der Waals surface area contributed by atoms with E-state index in [1.54, 1.807) is 0 Å². The van der Waals surface area contributed by atoms with Crippen molar-refractivity contribution in [1.82, 2.24) is 0 Å². The summed E-state index contributed by atoms with van der Waals surface area (Å²) >= 11 is 0. The van der Waals surface area contributed by atoms with Crippen LogP contribution in [0.4, 0.5) is 0 Å². The van der Waals surface area contributed by atoms with Crippen LogP contribution in [0, 0.1) is 5.92 Å². The van der Waals surface area contributed by atoms with Gasteiger partial charge >= 0.3 is 0 Å². The highest BCUT2D eigenvalue weighted by Gasteiger charge is 2.23. The van der Waals surface area contributed by atoms with Crippen LogP contribution in [-0.2, 0) is 10.5 Å². The molecule has 0 radical (unpaired) electrons. The SMILES string of the molecule is CCCC(C)CO[Si](C)(C)Cc1ccccc1. The second-order valence-electron chi connectivity index (χ2n) is 5.63. The molecule has 1 nitrogen and oxygen atoms in total. The van der Waals surface area contributed by atoms with Crippen molar-refractivity contribution in [2.45, 2.75) is 45.8 Å². The Bertz CT molecular complexity index is 308. The standard InChI is InChI=1S/C15H26OSi/c1-5-9-14(2)12-16-17(3,4)13-15-10-7-6-8-11-15/h6-8,10-11,14H,5,9,12-13H2,1-4H3. The van der Waals surface area contributed by atoms with Gasteiger partial charge in [-0.3, -0.25) is 0 Å². The Labute approximate surface area is 107 Å². The fraction of sp³-hybridized carbons (Fsp3) is 0.600. The summed E-state index contributed by atoms with van der Waals surface area (Å²) in [6.07, 6.45) is 2.53. The maximum Gasteiger partial charge on any atom is 0.191 e. The molecule has 1 aromatic rings. The Morgan fingerprint density at radius 2 is 1.82 bits per heavy atom. The van der Waals surface area contributed by atoms with E-state index in [4.69, 9.17) is 4.43 Å². The summed E-state index contributed by atoms with van der Waals surface area (Å²) in [4.78, 5) is 0. The van der Waals surface area contributed by atoms with Gasteiger partial charge in [0, 0.05) is 6.61 Å². The van der Waals surface area contributed by atoms with Gasteiger partial charge in [0.2, 0.25) is 0 Å². The molecule has 0 heterocycles. The second-order valence-corrected chi connectivity index (χ2v) is 9.79. The average Bonchev–Trinajstić information content (AvgIpc) is 2.28. The molecule has 0 fully saturated rings. The molecule has 0 saturated carbocycles. The van der Waals surface area contributed by atoms with Gasteiger partial charge in [0.1, 0.15) is 0 Å². The summed E-state index contributed by atoms with van der Waals surface area (Å²) in [5.74, 6) is 0.697. The van der Waals surface area contributed by atoms with Crippen molar-refractivity contribution >= 4 is 8.32 Å². The Balaban J connectivity index is 2.40. The zero-order valence-corrected chi connectivity index (χ0v) is 12.7. The summed E-state index contributed by atoms with van der Waals surface area (Å²) in [7, 11) is -1.54. The molecule has 0 spiro atoms. The van der Waals surface area contributed by atoms with Crippen molar-refractivity contribution in [3.8, 4) is 0 Å². The van der Waals surface area contributed by atoms with Gasteiger partial charge in [0.15, 0.2) is 8.32 Å². The van der Waals surface area contributed by atoms with Crippen molar-refractivity contribution in [2.75, 3.05) is 6.61 Å². The molecule has 0 saturated heterocycles. The summed E-state index contributed by atoms with van der Waals surface area (Å²) in [6, 6.07) is 11.8. The zero-order chi connectivity index (χ0) is 12.7. The largest absolute Gasteiger partial charge is 0.417 e. The molecule has 0 bridgehead atoms. The molecule has 96 valence electrons. The van der Waals surface area contributed by atoms with Crippen LogP contribution in [0.3, 0.4) is 0 Å². The molecule has 17 heavy (non-hydrogen) atoms. The first kappa shape index (κ1) is 14.5. The molecular formula is C15H26OSi. The third kappa shape index (κ3) is 6.04. The summed E-state index contributed by atoms with van der Waals surface area (Å²) in [5, 5.41) is 0. The molecule has 2 heteroatoms. The smallest absolute Gasteiger partial charge is 0.191 e. The zero-order valence-electron chi connectivity index (χ0n) is 11.7. The minimum atomic E-state index is -1.54. The summed E-state index contributed by atoms with van der Waals surface area (Å²) < 4.78 is 6.19. The maximum absolute atomic E-state index is 6.19. The highest BCUT2D eigenvalue weighted by atomic mass is 28.4. The molecule has 0 aliphatic heterocycles. The van der Waals surface area contributed by atoms with E-state index in [0.717, 1.165) is 12.7 Å². The van der Waals surface area contributed by atoms with Crippen LogP contribution < -0.4 is 0 Å². The first-order chi connectivity index (χ1) is 8.03. The monoisotopic (exact) mass is 250 g/mol. The van der Waals surface area contributed by atoms with Crippen molar-refractivity contribution < 1.29 is 4.43 Å². The fourth-order valence-corrected chi connectivity index (χ4v) is 4.14. The van der Waals surface area contributed by atoms with Gasteiger partial charge in [-0.1, -0.05) is 50.6 Å². The first-order valence-electron chi connectivity index (χ1n) is 6.71. The minimum absolute atomic E-state index is 0.697. The third-order valence-electron chi connectivity index (χ3n) is 3.01. The highest BCUT2D eigenvalue weighted by Crippen LogP contribution is 2.16. The Morgan fingerprint density at radius 1 is 1.18 bits per heavy atom. The van der Waals surface area contributed by atoms with E-state index in [-0.39, 0.29) is 0 Å². The van der Waals surface area contributed by atoms with Gasteiger partial charge < -0.3 is 4.43 Å². The van der Waals surface area contributed by atoms with Crippen LogP contribution in [0.15, 0.2) is 30.3 Å². The number of rotatable bonds is 7. The van der Waals surface area contributed by atoms with Gasteiger partial charge in [0.05, 0.1) is 0 Å². The predicted molar refractivity (Wildman–Crippen MR) is 77.7 cm³/mol. The van der Waals surface area contributed by atoms with Gasteiger partial charge in [-0.05, 0) is 37.0 Å². The average molecular weight is 250 g/mol. The van der Waals surface area contributed by atoms with E-state index in [1.165, 1.54) is 18.4 Å². The van der Waals surface area contributed by atoms with Crippen molar-refractivity contribution in [1.29, 1.82) is 0 Å². The molecular weight excluding hydrogens is 224 g/mol. The lowest BCUT2D eigenvalue weighted by Gasteiger charge is -2.25. The fourth-order valence-electron chi connectivity index (χ4n) is 2.08. The number of hydrogen-bond acceptors (Lipinski definition) is 1. The third-order valence-corrected chi connectivity index (χ3v) is 5.22. The van der Waals surface area contributed by atoms with E-state index < -0.39 is 8.32 Å². The normalized spacial score (nSPS) is 13.6. The van der Waals surface area contributed by atoms with Gasteiger partial charge in [-0.15, -0.1) is 0 Å². The summed E-state index contributed by atoms with van der Waals surface area (Å²) in [5.41, 5.74) is 1.41. The molecule has 0 aliphatic carbocycles. The predicted octanol–water partition coefficient (Wildman–Crippen LogP) is 4.43. The lowest BCUT2D eigenvalue weighted by molar-refractivity contribution is 0.242. The maximum atomic E-state index is 6.19. The summed E-state index contributed by atoms with van der Waals surface area (Å²) in [6.45, 7) is 10.1. The highest BCUT2D eigenvalue weighted by molar-refractivity contribution is 6.70. The van der Waals surface area contributed by atoms with Crippen LogP contribution in [0.25, 0.3) is 0 Å². The topological polar surface area (TPSA) is 9.23 Å². The molecule has 0 aromatic heterocycles. The van der Waals surface area contributed by atoms with Gasteiger partial charge in [-0.2, -0.15) is 0 Å². The van der Waals surface area contributed by atoms with E-state index >= 15 is 0 Å². The first-order valence-corrected chi connectivity index (χ1v) is 9.83. The number of benzene rings is 1. The van der Waals surface area contributed by atoms with Crippen LogP contribution in [0.2, 0.25) is 13.1 Å². The van der Waals surface area contributed by atoms with Gasteiger partial charge in [0.25, 0.3) is 0 Å². The minimum Gasteiger partial charge on any atom is -0.417 e. The molecule has 0 aliphatic rings. The van der Waals surface area contributed by atoms with E-state index in [9.17, 15) is 0 Å². The van der Waals surface area contributed by atoms with Crippen molar-refractivity contribution in [2.24, 2.45) is 5.92 Å². The van der Waals surface area contributed by atoms with Gasteiger partial charge in [-0.25, -0.2) is 0 Å². The van der Waals surface area contributed by atoms with Crippen molar-refractivity contribution in [3.63, 3.8) is 0 Å². The molecule has 1 rings (SSSR count). The van der Waals surface area contributed by atoms with E-state index in [1.807, 2.05) is 0 Å². The number of hydrogen-bond donors (Lipinski definition) is 0. The Morgan fingerprint density at radius 3 is 2.41 bits per heavy atom. The van der Waals surface area contributed by atoms with Crippen LogP contribution in [0.5, 0.6) is 0 Å². The molecule has 1 atom stereocenters. The van der Waals surface area contributed by atoms with Crippen LogP contribution >= 0.6 is 0 Å². The second kappa shape index (κ2) is 6.97. The molecule has 1 unspecified atom stereocenters. The van der Waals surface area contributed by atoms with Crippen molar-refractivity contribution in [3.05, 3.63) is 35.9 Å². The Hall–Kier alpha value is -0.603. The lowest BCUT2D eigenvalue weighted by atomic mass is 10.1. The van der Waals surface area contributed by atoms with Crippen LogP contribution in [0.1, 0.15) is 32.3 Å². The molecule has 0 amide bonds. The molecule has 0 N–H and O–H groups in total. The molecule has 1 aromatic carbocycles.